The van der Waals surface area contributed by atoms with E-state index in [0.717, 1.165) is 17.3 Å². The maximum atomic E-state index is 5.71. The molecule has 0 amide bonds. The fraction of sp³-hybridized carbons (Fsp3) is 0.800. The van der Waals surface area contributed by atoms with Crippen LogP contribution in [0.2, 0.25) is 0 Å². The number of nitrogens with zero attached hydrogens (tertiary/aromatic N) is 1. The summed E-state index contributed by atoms with van der Waals surface area (Å²) in [6.45, 7) is 12.5. The number of unbranched alkanes of at least 4 members (excludes halogenated alkanes) is 1. The molecule has 0 bridgehead atoms. The van der Waals surface area contributed by atoms with Gasteiger partial charge in [-0.25, -0.2) is 4.98 Å². The van der Waals surface area contributed by atoms with Gasteiger partial charge in [-0.3, -0.25) is 0 Å². The summed E-state index contributed by atoms with van der Waals surface area (Å²) in [6.07, 6.45) is 6.13. The van der Waals surface area contributed by atoms with Crippen molar-refractivity contribution in [3.8, 4) is 0 Å². The van der Waals surface area contributed by atoms with Crippen molar-refractivity contribution in [2.45, 2.75) is 79.6 Å². The van der Waals surface area contributed by atoms with Gasteiger partial charge in [0.05, 0.1) is 5.69 Å². The molecule has 0 radical (unpaired) electrons. The molecular weight excluding hydrogens is 210 g/mol. The van der Waals surface area contributed by atoms with E-state index < -0.39 is 0 Å². The average Bonchev–Trinajstić information content (AvgIpc) is 2.67. The van der Waals surface area contributed by atoms with Crippen molar-refractivity contribution >= 4 is 0 Å². The van der Waals surface area contributed by atoms with Crippen molar-refractivity contribution in [2.24, 2.45) is 0 Å². The Hall–Kier alpha value is -0.790. The van der Waals surface area contributed by atoms with E-state index in [2.05, 4.69) is 18.8 Å². The summed E-state index contributed by atoms with van der Waals surface area (Å²) in [7, 11) is 0. The van der Waals surface area contributed by atoms with Crippen molar-refractivity contribution in [1.29, 1.82) is 0 Å². The Labute approximate surface area is 107 Å². The summed E-state index contributed by atoms with van der Waals surface area (Å²) < 4.78 is 5.71. The molecule has 17 heavy (non-hydrogen) atoms. The van der Waals surface area contributed by atoms with Gasteiger partial charge in [0, 0.05) is 5.92 Å². The second-order valence-electron chi connectivity index (χ2n) is 4.32. The SMILES string of the molecule is CC.CCCCC(CCC)c1nc(C)c(C)o1. The predicted octanol–water partition coefficient (Wildman–Crippen LogP) is 5.39. The summed E-state index contributed by atoms with van der Waals surface area (Å²) in [5, 5.41) is 0. The average molecular weight is 239 g/mol. The highest BCUT2D eigenvalue weighted by Gasteiger charge is 2.16. The summed E-state index contributed by atoms with van der Waals surface area (Å²) in [6, 6.07) is 0. The lowest BCUT2D eigenvalue weighted by atomic mass is 9.97. The minimum absolute atomic E-state index is 0.530. The number of rotatable bonds is 6. The lowest BCUT2D eigenvalue weighted by Gasteiger charge is -2.11. The normalized spacial score (nSPS) is 11.9. The second-order valence-corrected chi connectivity index (χ2v) is 4.32. The van der Waals surface area contributed by atoms with E-state index in [9.17, 15) is 0 Å². The lowest BCUT2D eigenvalue weighted by molar-refractivity contribution is 0.394. The fourth-order valence-electron chi connectivity index (χ4n) is 1.86. The first kappa shape index (κ1) is 16.2. The molecule has 1 heterocycles. The van der Waals surface area contributed by atoms with Crippen molar-refractivity contribution in [1.82, 2.24) is 4.98 Å². The maximum Gasteiger partial charge on any atom is 0.197 e. The van der Waals surface area contributed by atoms with Crippen LogP contribution in [0.1, 0.15) is 83.1 Å². The molecule has 0 aliphatic heterocycles. The number of hydrogen-bond acceptors (Lipinski definition) is 2. The quantitative estimate of drug-likeness (QED) is 0.665. The Morgan fingerprint density at radius 3 is 2.12 bits per heavy atom. The highest BCUT2D eigenvalue weighted by Crippen LogP contribution is 2.27. The molecule has 0 fully saturated rings. The van der Waals surface area contributed by atoms with Crippen LogP contribution in [0.3, 0.4) is 0 Å². The Kier molecular flexibility index (Phi) is 8.83. The molecule has 0 N–H and O–H groups in total. The third-order valence-corrected chi connectivity index (χ3v) is 2.94. The Balaban J connectivity index is 0.00000121. The Morgan fingerprint density at radius 1 is 1.06 bits per heavy atom. The van der Waals surface area contributed by atoms with Gasteiger partial charge in [-0.2, -0.15) is 0 Å². The van der Waals surface area contributed by atoms with Gasteiger partial charge in [-0.05, 0) is 26.7 Å². The van der Waals surface area contributed by atoms with E-state index in [4.69, 9.17) is 4.42 Å². The second kappa shape index (κ2) is 9.26. The number of oxazole rings is 1. The predicted molar refractivity (Wildman–Crippen MR) is 74.5 cm³/mol. The smallest absolute Gasteiger partial charge is 0.197 e. The van der Waals surface area contributed by atoms with Crippen molar-refractivity contribution in [3.63, 3.8) is 0 Å². The highest BCUT2D eigenvalue weighted by molar-refractivity contribution is 5.07. The standard InChI is InChI=1S/C13H23NO.C2H6/c1-5-7-9-12(8-6-2)13-14-10(3)11(4)15-13;1-2/h12H,5-9H2,1-4H3;1-2H3. The molecule has 1 rings (SSSR count). The molecule has 1 aromatic rings. The van der Waals surface area contributed by atoms with E-state index in [1.165, 1.54) is 32.1 Å². The molecule has 100 valence electrons. The molecule has 0 spiro atoms. The van der Waals surface area contributed by atoms with Crippen molar-refractivity contribution in [3.05, 3.63) is 17.3 Å². The van der Waals surface area contributed by atoms with Crippen LogP contribution < -0.4 is 0 Å². The van der Waals surface area contributed by atoms with Gasteiger partial charge in [0.15, 0.2) is 5.89 Å². The van der Waals surface area contributed by atoms with Crippen LogP contribution in [-0.4, -0.2) is 4.98 Å². The van der Waals surface area contributed by atoms with Crippen LogP contribution in [0.4, 0.5) is 0 Å². The highest BCUT2D eigenvalue weighted by atomic mass is 16.4. The molecule has 1 aromatic heterocycles. The van der Waals surface area contributed by atoms with Crippen LogP contribution in [0.15, 0.2) is 4.42 Å². The van der Waals surface area contributed by atoms with Crippen LogP contribution in [0, 0.1) is 13.8 Å². The van der Waals surface area contributed by atoms with E-state index in [1.54, 1.807) is 0 Å². The van der Waals surface area contributed by atoms with Crippen LogP contribution in [0.25, 0.3) is 0 Å². The molecule has 0 aliphatic rings. The maximum absolute atomic E-state index is 5.71. The number of hydrogen-bond donors (Lipinski definition) is 0. The topological polar surface area (TPSA) is 26.0 Å². The summed E-state index contributed by atoms with van der Waals surface area (Å²) in [5.41, 5.74) is 1.04. The molecule has 0 aliphatic carbocycles. The third-order valence-electron chi connectivity index (χ3n) is 2.94. The van der Waals surface area contributed by atoms with Gasteiger partial charge in [0.2, 0.25) is 0 Å². The summed E-state index contributed by atoms with van der Waals surface area (Å²) >= 11 is 0. The summed E-state index contributed by atoms with van der Waals surface area (Å²) in [4.78, 5) is 4.52. The minimum Gasteiger partial charge on any atom is -0.445 e. The molecular formula is C15H29NO. The minimum atomic E-state index is 0.530. The van der Waals surface area contributed by atoms with Gasteiger partial charge in [-0.1, -0.05) is 47.0 Å². The monoisotopic (exact) mass is 239 g/mol. The molecule has 1 atom stereocenters. The first-order chi connectivity index (χ1) is 8.19. The first-order valence-electron chi connectivity index (χ1n) is 7.12. The number of aromatic nitrogens is 1. The van der Waals surface area contributed by atoms with Crippen LogP contribution >= 0.6 is 0 Å². The number of aryl methyl sites for hydroxylation is 2. The van der Waals surface area contributed by atoms with Gasteiger partial charge in [-0.15, -0.1) is 0 Å². The molecule has 0 saturated carbocycles. The largest absolute Gasteiger partial charge is 0.445 e. The molecule has 0 saturated heterocycles. The van der Waals surface area contributed by atoms with Gasteiger partial charge < -0.3 is 4.42 Å². The molecule has 0 aromatic carbocycles. The lowest BCUT2D eigenvalue weighted by Crippen LogP contribution is -1.99. The van der Waals surface area contributed by atoms with Gasteiger partial charge in [0.1, 0.15) is 5.76 Å². The molecule has 2 heteroatoms. The van der Waals surface area contributed by atoms with E-state index in [-0.39, 0.29) is 0 Å². The zero-order chi connectivity index (χ0) is 13.3. The van der Waals surface area contributed by atoms with Crippen LogP contribution in [-0.2, 0) is 0 Å². The van der Waals surface area contributed by atoms with Gasteiger partial charge in [0.25, 0.3) is 0 Å². The molecule has 2 nitrogen and oxygen atoms in total. The van der Waals surface area contributed by atoms with Crippen molar-refractivity contribution in [2.75, 3.05) is 0 Å². The zero-order valence-electron chi connectivity index (χ0n) is 12.5. The van der Waals surface area contributed by atoms with E-state index in [0.29, 0.717) is 5.92 Å². The zero-order valence-corrected chi connectivity index (χ0v) is 12.5. The van der Waals surface area contributed by atoms with E-state index in [1.807, 2.05) is 27.7 Å². The fourth-order valence-corrected chi connectivity index (χ4v) is 1.86. The van der Waals surface area contributed by atoms with Gasteiger partial charge >= 0.3 is 0 Å². The van der Waals surface area contributed by atoms with Crippen molar-refractivity contribution < 1.29 is 4.42 Å². The first-order valence-corrected chi connectivity index (χ1v) is 7.12. The molecule has 1 unspecified atom stereocenters. The third kappa shape index (κ3) is 5.38. The Morgan fingerprint density at radius 2 is 1.71 bits per heavy atom. The van der Waals surface area contributed by atoms with E-state index >= 15 is 0 Å². The van der Waals surface area contributed by atoms with Crippen LogP contribution in [0.5, 0.6) is 0 Å². The Bertz CT molecular complexity index is 272. The summed E-state index contributed by atoms with van der Waals surface area (Å²) in [5.74, 6) is 2.46.